The largest absolute Gasteiger partial charge is 0.294 e. The molecule has 1 aliphatic carbocycles. The van der Waals surface area contributed by atoms with Crippen LogP contribution in [0.25, 0.3) is 0 Å². The molecule has 0 saturated heterocycles. The molecule has 0 aromatic carbocycles. The average Bonchev–Trinajstić information content (AvgIpc) is 2.02. The monoisotopic (exact) mass is 234 g/mol. The van der Waals surface area contributed by atoms with Gasteiger partial charge in [0.1, 0.15) is 0 Å². The van der Waals surface area contributed by atoms with Crippen LogP contribution in [0.3, 0.4) is 0 Å². The summed E-state index contributed by atoms with van der Waals surface area (Å²) in [5.74, 6) is 0. The molecule has 0 aromatic rings. The summed E-state index contributed by atoms with van der Waals surface area (Å²) in [6, 6.07) is 0. The summed E-state index contributed by atoms with van der Waals surface area (Å²) in [4.78, 5) is -1.08. The first-order chi connectivity index (χ1) is 6.26. The minimum Gasteiger partial charge on any atom is -0.282 e. The van der Waals surface area contributed by atoms with Crippen molar-refractivity contribution in [1.82, 2.24) is 0 Å². The maximum Gasteiger partial charge on any atom is 0.294 e. The summed E-state index contributed by atoms with van der Waals surface area (Å²) >= 11 is 6.11. The van der Waals surface area contributed by atoms with Gasteiger partial charge >= 0.3 is 0 Å². The Morgan fingerprint density at radius 2 is 2.29 bits per heavy atom. The summed E-state index contributed by atoms with van der Waals surface area (Å²) in [6.07, 6.45) is 4.72. The van der Waals surface area contributed by atoms with Crippen molar-refractivity contribution in [2.75, 3.05) is 0 Å². The summed E-state index contributed by atoms with van der Waals surface area (Å²) in [7, 11) is -4.18. The molecule has 1 atom stereocenters. The summed E-state index contributed by atoms with van der Waals surface area (Å²) in [5, 5.41) is 0. The van der Waals surface area contributed by atoms with Gasteiger partial charge in [0, 0.05) is 0 Å². The van der Waals surface area contributed by atoms with E-state index < -0.39 is 15.0 Å². The second-order valence-electron chi connectivity index (χ2n) is 3.27. The lowest BCUT2D eigenvalue weighted by molar-refractivity contribution is 0.491. The van der Waals surface area contributed by atoms with Crippen LogP contribution in [0.4, 0.5) is 0 Å². The Bertz CT molecular complexity index is 419. The number of hydrogen-bond donors (Lipinski definition) is 1. The van der Waals surface area contributed by atoms with Crippen molar-refractivity contribution in [1.29, 1.82) is 0 Å². The van der Waals surface area contributed by atoms with E-state index in [-0.39, 0.29) is 4.91 Å². The minimum absolute atomic E-state index is 0.179. The fourth-order valence-corrected chi connectivity index (χ4v) is 2.03. The minimum atomic E-state index is -4.18. The zero-order chi connectivity index (χ0) is 11.0. The molecule has 0 heterocycles. The van der Waals surface area contributed by atoms with Gasteiger partial charge in [-0.3, -0.25) is 4.55 Å². The van der Waals surface area contributed by atoms with E-state index in [1.807, 2.05) is 0 Å². The molecular weight excluding hydrogens is 224 g/mol. The molecule has 78 valence electrons. The summed E-state index contributed by atoms with van der Waals surface area (Å²) < 4.78 is 30.5. The van der Waals surface area contributed by atoms with Crippen LogP contribution in [-0.2, 0) is 10.1 Å². The van der Waals surface area contributed by atoms with Gasteiger partial charge in [0.05, 0.1) is 9.78 Å². The van der Waals surface area contributed by atoms with Gasteiger partial charge in [0.25, 0.3) is 10.1 Å². The molecule has 3 nitrogen and oxygen atoms in total. The van der Waals surface area contributed by atoms with Crippen LogP contribution in [0, 0.1) is 0 Å². The SMILES string of the molecule is C=C(C)C1(Cl)C=C(S(=O)(=O)O)C=CC1. The molecular formula is C9H11ClO3S. The van der Waals surface area contributed by atoms with Gasteiger partial charge in [-0.15, -0.1) is 11.6 Å². The van der Waals surface area contributed by atoms with Gasteiger partial charge in [-0.25, -0.2) is 0 Å². The molecule has 0 aliphatic heterocycles. The lowest BCUT2D eigenvalue weighted by Gasteiger charge is -2.25. The van der Waals surface area contributed by atoms with Gasteiger partial charge in [0.15, 0.2) is 0 Å². The predicted octanol–water partition coefficient (Wildman–Crippen LogP) is 2.27. The van der Waals surface area contributed by atoms with E-state index in [0.717, 1.165) is 0 Å². The molecule has 0 aromatic heterocycles. The van der Waals surface area contributed by atoms with Gasteiger partial charge in [-0.1, -0.05) is 18.2 Å². The average molecular weight is 235 g/mol. The van der Waals surface area contributed by atoms with Gasteiger partial charge in [-0.2, -0.15) is 8.42 Å². The van der Waals surface area contributed by atoms with Crippen molar-refractivity contribution in [3.05, 3.63) is 35.3 Å². The highest BCUT2D eigenvalue weighted by Gasteiger charge is 2.29. The lowest BCUT2D eigenvalue weighted by atomic mass is 9.93. The van der Waals surface area contributed by atoms with E-state index in [1.165, 1.54) is 12.2 Å². The van der Waals surface area contributed by atoms with Crippen molar-refractivity contribution in [3.63, 3.8) is 0 Å². The Balaban J connectivity index is 3.19. The van der Waals surface area contributed by atoms with Crippen molar-refractivity contribution in [3.8, 4) is 0 Å². The van der Waals surface area contributed by atoms with E-state index in [1.54, 1.807) is 13.0 Å². The molecule has 0 saturated carbocycles. The fraction of sp³-hybridized carbons (Fsp3) is 0.333. The third-order valence-corrected chi connectivity index (χ3v) is 3.51. The van der Waals surface area contributed by atoms with E-state index in [0.29, 0.717) is 12.0 Å². The fourth-order valence-electron chi connectivity index (χ4n) is 1.14. The third kappa shape index (κ3) is 2.26. The quantitative estimate of drug-likeness (QED) is 0.453. The molecule has 1 aliphatic rings. The van der Waals surface area contributed by atoms with E-state index >= 15 is 0 Å². The van der Waals surface area contributed by atoms with Crippen LogP contribution in [0.1, 0.15) is 13.3 Å². The first kappa shape index (κ1) is 11.5. The predicted molar refractivity (Wildman–Crippen MR) is 56.8 cm³/mol. The lowest BCUT2D eigenvalue weighted by Crippen LogP contribution is -2.22. The Hall–Kier alpha value is -0.580. The van der Waals surface area contributed by atoms with E-state index in [2.05, 4.69) is 6.58 Å². The Morgan fingerprint density at radius 3 is 2.71 bits per heavy atom. The third-order valence-electron chi connectivity index (χ3n) is 2.08. The molecule has 0 amide bonds. The molecule has 0 radical (unpaired) electrons. The van der Waals surface area contributed by atoms with Crippen LogP contribution in [0.5, 0.6) is 0 Å². The maximum absolute atomic E-state index is 10.8. The van der Waals surface area contributed by atoms with Gasteiger partial charge in [0.2, 0.25) is 0 Å². The first-order valence-corrected chi connectivity index (χ1v) is 5.79. The van der Waals surface area contributed by atoms with E-state index in [9.17, 15) is 8.42 Å². The van der Waals surface area contributed by atoms with Crippen LogP contribution in [0.2, 0.25) is 0 Å². The molecule has 0 bridgehead atoms. The van der Waals surface area contributed by atoms with Gasteiger partial charge in [-0.05, 0) is 25.5 Å². The van der Waals surface area contributed by atoms with Crippen LogP contribution in [-0.4, -0.2) is 17.8 Å². The van der Waals surface area contributed by atoms with Crippen LogP contribution < -0.4 is 0 Å². The zero-order valence-corrected chi connectivity index (χ0v) is 9.27. The second-order valence-corrected chi connectivity index (χ2v) is 5.37. The summed E-state index contributed by atoms with van der Waals surface area (Å²) in [5.41, 5.74) is 0.643. The Kier molecular flexibility index (Phi) is 2.90. The highest BCUT2D eigenvalue weighted by atomic mass is 35.5. The smallest absolute Gasteiger partial charge is 0.282 e. The first-order valence-electron chi connectivity index (χ1n) is 3.97. The molecule has 1 N–H and O–H groups in total. The van der Waals surface area contributed by atoms with Crippen molar-refractivity contribution >= 4 is 21.7 Å². The van der Waals surface area contributed by atoms with E-state index in [4.69, 9.17) is 16.2 Å². The molecule has 5 heteroatoms. The molecule has 1 rings (SSSR count). The van der Waals surface area contributed by atoms with Gasteiger partial charge < -0.3 is 0 Å². The normalized spacial score (nSPS) is 27.2. The van der Waals surface area contributed by atoms with Crippen molar-refractivity contribution in [2.24, 2.45) is 0 Å². The topological polar surface area (TPSA) is 54.4 Å². The Labute approximate surface area is 88.5 Å². The molecule has 0 fully saturated rings. The standard InChI is InChI=1S/C9H11ClO3S/c1-7(2)9(10)5-3-4-8(6-9)14(11,12)13/h3-4,6H,1,5H2,2H3,(H,11,12,13). The number of rotatable bonds is 2. The Morgan fingerprint density at radius 1 is 1.71 bits per heavy atom. The number of halogens is 1. The maximum atomic E-state index is 10.8. The second kappa shape index (κ2) is 3.53. The molecule has 1 unspecified atom stereocenters. The highest BCUT2D eigenvalue weighted by molar-refractivity contribution is 7.90. The molecule has 0 spiro atoms. The van der Waals surface area contributed by atoms with Crippen LogP contribution in [0.15, 0.2) is 35.3 Å². The summed E-state index contributed by atoms with van der Waals surface area (Å²) in [6.45, 7) is 5.39. The zero-order valence-electron chi connectivity index (χ0n) is 7.70. The number of allylic oxidation sites excluding steroid dienone is 4. The van der Waals surface area contributed by atoms with Crippen LogP contribution >= 0.6 is 11.6 Å². The van der Waals surface area contributed by atoms with Crippen molar-refractivity contribution in [2.45, 2.75) is 18.2 Å². The molecule has 14 heavy (non-hydrogen) atoms. The van der Waals surface area contributed by atoms with Crippen molar-refractivity contribution < 1.29 is 13.0 Å². The number of alkyl halides is 1. The number of hydrogen-bond acceptors (Lipinski definition) is 2. The highest BCUT2D eigenvalue weighted by Crippen LogP contribution is 2.35.